The van der Waals surface area contributed by atoms with Crippen LogP contribution in [0.15, 0.2) is 30.3 Å². The van der Waals surface area contributed by atoms with Gasteiger partial charge in [-0.15, -0.1) is 12.3 Å². The van der Waals surface area contributed by atoms with E-state index < -0.39 is 5.60 Å². The van der Waals surface area contributed by atoms with Crippen molar-refractivity contribution in [3.8, 4) is 12.3 Å². The van der Waals surface area contributed by atoms with Gasteiger partial charge in [-0.3, -0.25) is 0 Å². The molecular formula is C19H25NO2. The van der Waals surface area contributed by atoms with Crippen molar-refractivity contribution in [3.05, 3.63) is 35.9 Å². The molecule has 118 valence electrons. The van der Waals surface area contributed by atoms with Gasteiger partial charge in [0.1, 0.15) is 5.60 Å². The first-order valence-corrected chi connectivity index (χ1v) is 7.88. The molecule has 3 heteroatoms. The maximum atomic E-state index is 12.6. The molecule has 1 fully saturated rings. The van der Waals surface area contributed by atoms with Crippen molar-refractivity contribution >= 4 is 6.09 Å². The molecule has 0 bridgehead atoms. The van der Waals surface area contributed by atoms with Crippen LogP contribution in [0.2, 0.25) is 0 Å². The highest BCUT2D eigenvalue weighted by Gasteiger charge is 2.34. The summed E-state index contributed by atoms with van der Waals surface area (Å²) < 4.78 is 5.59. The number of hydrogen-bond donors (Lipinski definition) is 0. The van der Waals surface area contributed by atoms with Crippen LogP contribution in [-0.4, -0.2) is 23.1 Å². The van der Waals surface area contributed by atoms with Crippen molar-refractivity contribution in [2.24, 2.45) is 5.92 Å². The average molecular weight is 299 g/mol. The number of rotatable bonds is 2. The van der Waals surface area contributed by atoms with Gasteiger partial charge in [-0.1, -0.05) is 30.3 Å². The van der Waals surface area contributed by atoms with Crippen LogP contribution in [-0.2, 0) is 4.74 Å². The molecule has 1 heterocycles. The Bertz CT molecular complexity index is 539. The zero-order chi connectivity index (χ0) is 16.2. The Kier molecular flexibility index (Phi) is 5.13. The van der Waals surface area contributed by atoms with E-state index in [1.165, 1.54) is 0 Å². The number of likely N-dealkylation sites (tertiary alicyclic amines) is 1. The summed E-state index contributed by atoms with van der Waals surface area (Å²) in [6.45, 7) is 6.35. The molecule has 0 saturated carbocycles. The molecular weight excluding hydrogens is 274 g/mol. The second-order valence-corrected chi connectivity index (χ2v) is 6.91. The first-order chi connectivity index (χ1) is 10.4. The standard InChI is InChI=1S/C19H25NO2/c1-5-9-15-12-13-17(16-10-7-6-8-11-16)20(14-15)18(21)22-19(2,3)4/h1,6-8,10-11,15,17H,9,12-14H2,2-4H3. The molecule has 3 nitrogen and oxygen atoms in total. The van der Waals surface area contributed by atoms with Gasteiger partial charge in [-0.2, -0.15) is 0 Å². The lowest BCUT2D eigenvalue weighted by Gasteiger charge is -2.40. The maximum Gasteiger partial charge on any atom is 0.410 e. The molecule has 0 spiro atoms. The van der Waals surface area contributed by atoms with Crippen molar-refractivity contribution in [2.45, 2.75) is 51.7 Å². The summed E-state index contributed by atoms with van der Waals surface area (Å²) >= 11 is 0. The van der Waals surface area contributed by atoms with Gasteiger partial charge in [0.05, 0.1) is 6.04 Å². The van der Waals surface area contributed by atoms with E-state index in [0.717, 1.165) is 18.4 Å². The summed E-state index contributed by atoms with van der Waals surface area (Å²) in [6, 6.07) is 10.2. The molecule has 0 radical (unpaired) electrons. The Morgan fingerprint density at radius 2 is 2.00 bits per heavy atom. The monoisotopic (exact) mass is 299 g/mol. The SMILES string of the molecule is C#CCC1CCC(c2ccccc2)N(C(=O)OC(C)(C)C)C1. The zero-order valence-electron chi connectivity index (χ0n) is 13.7. The second-order valence-electron chi connectivity index (χ2n) is 6.91. The Labute approximate surface area is 133 Å². The zero-order valence-corrected chi connectivity index (χ0v) is 13.7. The topological polar surface area (TPSA) is 29.5 Å². The van der Waals surface area contributed by atoms with Crippen LogP contribution in [0.25, 0.3) is 0 Å². The largest absolute Gasteiger partial charge is 0.444 e. The molecule has 2 rings (SSSR count). The molecule has 1 aliphatic rings. The molecule has 1 aromatic carbocycles. The number of hydrogen-bond acceptors (Lipinski definition) is 2. The van der Waals surface area contributed by atoms with E-state index in [2.05, 4.69) is 18.1 Å². The van der Waals surface area contributed by atoms with Crippen LogP contribution in [0, 0.1) is 18.3 Å². The third-order valence-electron chi connectivity index (χ3n) is 3.90. The highest BCUT2D eigenvalue weighted by molar-refractivity contribution is 5.69. The van der Waals surface area contributed by atoms with Crippen LogP contribution >= 0.6 is 0 Å². The van der Waals surface area contributed by atoms with E-state index in [-0.39, 0.29) is 12.1 Å². The molecule has 0 aromatic heterocycles. The lowest BCUT2D eigenvalue weighted by Crippen LogP contribution is -2.44. The number of carbonyl (C=O) groups excluding carboxylic acids is 1. The predicted molar refractivity (Wildman–Crippen MR) is 88.3 cm³/mol. The predicted octanol–water partition coefficient (Wildman–Crippen LogP) is 4.40. The highest BCUT2D eigenvalue weighted by atomic mass is 16.6. The van der Waals surface area contributed by atoms with Gasteiger partial charge in [-0.25, -0.2) is 4.79 Å². The fourth-order valence-electron chi connectivity index (χ4n) is 2.92. The molecule has 0 N–H and O–H groups in total. The molecule has 1 aliphatic heterocycles. The quantitative estimate of drug-likeness (QED) is 0.758. The third-order valence-corrected chi connectivity index (χ3v) is 3.90. The van der Waals surface area contributed by atoms with Gasteiger partial charge >= 0.3 is 6.09 Å². The van der Waals surface area contributed by atoms with Gasteiger partial charge in [0, 0.05) is 13.0 Å². The van der Waals surface area contributed by atoms with Crippen molar-refractivity contribution in [3.63, 3.8) is 0 Å². The molecule has 2 unspecified atom stereocenters. The first-order valence-electron chi connectivity index (χ1n) is 7.88. The van der Waals surface area contributed by atoms with Gasteiger partial charge in [-0.05, 0) is 45.1 Å². The number of ether oxygens (including phenoxy) is 1. The molecule has 1 amide bonds. The van der Waals surface area contributed by atoms with Gasteiger partial charge < -0.3 is 9.64 Å². The smallest absolute Gasteiger partial charge is 0.410 e. The second kappa shape index (κ2) is 6.87. The summed E-state index contributed by atoms with van der Waals surface area (Å²) in [5.74, 6) is 3.08. The fraction of sp³-hybridized carbons (Fsp3) is 0.526. The van der Waals surface area contributed by atoms with Crippen molar-refractivity contribution < 1.29 is 9.53 Å². The fourth-order valence-corrected chi connectivity index (χ4v) is 2.92. The Morgan fingerprint density at radius 1 is 1.32 bits per heavy atom. The number of benzene rings is 1. The molecule has 0 aliphatic carbocycles. The normalized spacial score (nSPS) is 22.0. The van der Waals surface area contributed by atoms with Crippen LogP contribution in [0.1, 0.15) is 51.6 Å². The van der Waals surface area contributed by atoms with Gasteiger partial charge in [0.15, 0.2) is 0 Å². The van der Waals surface area contributed by atoms with Crippen LogP contribution < -0.4 is 0 Å². The summed E-state index contributed by atoms with van der Waals surface area (Å²) in [5.41, 5.74) is 0.671. The third kappa shape index (κ3) is 4.27. The average Bonchev–Trinajstić information content (AvgIpc) is 2.47. The van der Waals surface area contributed by atoms with Gasteiger partial charge in [0.25, 0.3) is 0 Å². The summed E-state index contributed by atoms with van der Waals surface area (Å²) in [6.07, 6.45) is 7.88. The minimum Gasteiger partial charge on any atom is -0.444 e. The molecule has 1 saturated heterocycles. The number of nitrogens with zero attached hydrogens (tertiary/aromatic N) is 1. The van der Waals surface area contributed by atoms with Crippen molar-refractivity contribution in [2.75, 3.05) is 6.54 Å². The lowest BCUT2D eigenvalue weighted by atomic mass is 9.88. The minimum absolute atomic E-state index is 0.0741. The van der Waals surface area contributed by atoms with E-state index in [1.807, 2.05) is 43.9 Å². The van der Waals surface area contributed by atoms with E-state index in [0.29, 0.717) is 18.9 Å². The number of carbonyl (C=O) groups is 1. The number of piperidine rings is 1. The highest BCUT2D eigenvalue weighted by Crippen LogP contribution is 2.35. The van der Waals surface area contributed by atoms with Crippen LogP contribution in [0.5, 0.6) is 0 Å². The van der Waals surface area contributed by atoms with E-state index >= 15 is 0 Å². The van der Waals surface area contributed by atoms with E-state index in [4.69, 9.17) is 11.2 Å². The minimum atomic E-state index is -0.489. The Hall–Kier alpha value is -1.95. The molecule has 1 aromatic rings. The summed E-state index contributed by atoms with van der Waals surface area (Å²) in [5, 5.41) is 0. The number of terminal acetylenes is 1. The molecule has 2 atom stereocenters. The van der Waals surface area contributed by atoms with Crippen molar-refractivity contribution in [1.29, 1.82) is 0 Å². The van der Waals surface area contributed by atoms with Crippen molar-refractivity contribution in [1.82, 2.24) is 4.90 Å². The van der Waals surface area contributed by atoms with Crippen LogP contribution in [0.3, 0.4) is 0 Å². The molecule has 22 heavy (non-hydrogen) atoms. The number of amides is 1. The lowest BCUT2D eigenvalue weighted by molar-refractivity contribution is 0.00277. The van der Waals surface area contributed by atoms with Crippen LogP contribution in [0.4, 0.5) is 4.79 Å². The first kappa shape index (κ1) is 16.4. The Morgan fingerprint density at radius 3 is 2.59 bits per heavy atom. The maximum absolute atomic E-state index is 12.6. The van der Waals surface area contributed by atoms with E-state index in [1.54, 1.807) is 0 Å². The Balaban J connectivity index is 2.20. The summed E-state index contributed by atoms with van der Waals surface area (Å²) in [4.78, 5) is 14.5. The van der Waals surface area contributed by atoms with E-state index in [9.17, 15) is 4.79 Å². The van der Waals surface area contributed by atoms with Gasteiger partial charge in [0.2, 0.25) is 0 Å². The summed E-state index contributed by atoms with van der Waals surface area (Å²) in [7, 11) is 0.